The Hall–Kier alpha value is -0.790. The summed E-state index contributed by atoms with van der Waals surface area (Å²) in [6.45, 7) is 4.10. The van der Waals surface area contributed by atoms with Crippen molar-refractivity contribution >= 4 is 21.5 Å². The second kappa shape index (κ2) is 4.47. The molecule has 0 aliphatic carbocycles. The molecule has 2 heterocycles. The van der Waals surface area contributed by atoms with Crippen molar-refractivity contribution in [3.8, 4) is 11.5 Å². The predicted molar refractivity (Wildman–Crippen MR) is 64.5 cm³/mol. The molecule has 17 heavy (non-hydrogen) atoms. The van der Waals surface area contributed by atoms with E-state index >= 15 is 0 Å². The zero-order valence-electron chi connectivity index (χ0n) is 9.85. The summed E-state index contributed by atoms with van der Waals surface area (Å²) in [5.74, 6) is 1.20. The van der Waals surface area contributed by atoms with Crippen molar-refractivity contribution in [1.82, 2.24) is 0 Å². The van der Waals surface area contributed by atoms with Gasteiger partial charge in [0.25, 0.3) is 10.1 Å². The maximum atomic E-state index is 11.3. The first-order valence-electron chi connectivity index (χ1n) is 5.10. The van der Waals surface area contributed by atoms with Gasteiger partial charge >= 0.3 is 0 Å². The first-order valence-corrected chi connectivity index (χ1v) is 7.50. The molecular formula is C10H14O5S2. The topological polar surface area (TPSA) is 61.8 Å². The maximum Gasteiger partial charge on any atom is 0.270 e. The highest BCUT2D eigenvalue weighted by atomic mass is 32.2. The van der Waals surface area contributed by atoms with E-state index in [1.807, 2.05) is 13.8 Å². The molecule has 1 aromatic heterocycles. The zero-order chi connectivity index (χ0) is 12.6. The molecule has 0 aromatic carbocycles. The smallest absolute Gasteiger partial charge is 0.270 e. The number of hydrogen-bond donors (Lipinski definition) is 0. The Morgan fingerprint density at radius 2 is 2.00 bits per heavy atom. The Kier molecular flexibility index (Phi) is 3.33. The normalized spacial score (nSPS) is 19.4. The average molecular weight is 278 g/mol. The first-order chi connectivity index (χ1) is 7.93. The third kappa shape index (κ3) is 2.56. The van der Waals surface area contributed by atoms with Crippen LogP contribution >= 0.6 is 11.3 Å². The van der Waals surface area contributed by atoms with Crippen LogP contribution in [-0.4, -0.2) is 34.0 Å². The van der Waals surface area contributed by atoms with Crippen LogP contribution in [0.15, 0.2) is 0 Å². The molecule has 5 nitrogen and oxygen atoms in total. The van der Waals surface area contributed by atoms with Crippen molar-refractivity contribution in [3.05, 3.63) is 9.75 Å². The van der Waals surface area contributed by atoms with Crippen LogP contribution in [0, 0.1) is 13.8 Å². The van der Waals surface area contributed by atoms with E-state index in [9.17, 15) is 8.42 Å². The summed E-state index contributed by atoms with van der Waals surface area (Å²) in [5, 5.41) is 0. The van der Waals surface area contributed by atoms with Crippen LogP contribution in [0.2, 0.25) is 0 Å². The quantitative estimate of drug-likeness (QED) is 0.784. The predicted octanol–water partition coefficient (Wildman–Crippen LogP) is 1.48. The highest BCUT2D eigenvalue weighted by Gasteiger charge is 2.29. The van der Waals surface area contributed by atoms with E-state index < -0.39 is 16.2 Å². The van der Waals surface area contributed by atoms with Crippen LogP contribution in [0.4, 0.5) is 0 Å². The van der Waals surface area contributed by atoms with Gasteiger partial charge in [-0.15, -0.1) is 11.3 Å². The third-order valence-electron chi connectivity index (χ3n) is 2.49. The van der Waals surface area contributed by atoms with Crippen LogP contribution in [0.1, 0.15) is 9.75 Å². The molecule has 0 radical (unpaired) electrons. The zero-order valence-corrected chi connectivity index (χ0v) is 11.5. The molecule has 0 amide bonds. The number of ether oxygens (including phenoxy) is 2. The molecule has 1 aromatic rings. The minimum absolute atomic E-state index is 0.197. The van der Waals surface area contributed by atoms with Gasteiger partial charge in [0.2, 0.25) is 0 Å². The van der Waals surface area contributed by atoms with Gasteiger partial charge in [0.05, 0.1) is 7.11 Å². The maximum absolute atomic E-state index is 11.3. The summed E-state index contributed by atoms with van der Waals surface area (Å²) in [6, 6.07) is 0. The molecule has 0 spiro atoms. The van der Waals surface area contributed by atoms with Crippen LogP contribution < -0.4 is 9.47 Å². The van der Waals surface area contributed by atoms with Crippen LogP contribution in [0.5, 0.6) is 11.5 Å². The molecular weight excluding hydrogens is 264 g/mol. The van der Waals surface area contributed by atoms with Gasteiger partial charge in [0.1, 0.15) is 18.5 Å². The molecule has 0 saturated carbocycles. The van der Waals surface area contributed by atoms with Gasteiger partial charge in [0.15, 0.2) is 11.5 Å². The van der Waals surface area contributed by atoms with Gasteiger partial charge in [0, 0.05) is 9.75 Å². The molecule has 1 aliphatic heterocycles. The lowest BCUT2D eigenvalue weighted by molar-refractivity contribution is 0.104. The van der Waals surface area contributed by atoms with Crippen molar-refractivity contribution in [2.45, 2.75) is 20.0 Å². The van der Waals surface area contributed by atoms with Crippen molar-refractivity contribution in [1.29, 1.82) is 0 Å². The van der Waals surface area contributed by atoms with Gasteiger partial charge in [-0.3, -0.25) is 4.18 Å². The van der Waals surface area contributed by atoms with Gasteiger partial charge in [-0.2, -0.15) is 8.42 Å². The number of thiophene rings is 1. The molecule has 0 bridgehead atoms. The van der Waals surface area contributed by atoms with E-state index in [0.717, 1.165) is 22.6 Å². The minimum atomic E-state index is -3.53. The lowest BCUT2D eigenvalue weighted by Gasteiger charge is -2.25. The number of rotatable bonds is 3. The Morgan fingerprint density at radius 3 is 2.65 bits per heavy atom. The van der Waals surface area contributed by atoms with Crippen molar-refractivity contribution in [2.75, 3.05) is 19.5 Å². The molecule has 0 saturated heterocycles. The van der Waals surface area contributed by atoms with Gasteiger partial charge in [-0.1, -0.05) is 0 Å². The van der Waals surface area contributed by atoms with Crippen LogP contribution in [0.3, 0.4) is 0 Å². The average Bonchev–Trinajstić information content (AvgIpc) is 2.54. The van der Waals surface area contributed by atoms with Gasteiger partial charge in [-0.25, -0.2) is 0 Å². The minimum Gasteiger partial charge on any atom is -0.485 e. The van der Waals surface area contributed by atoms with E-state index in [-0.39, 0.29) is 12.4 Å². The Labute approximate surface area is 104 Å². The van der Waals surface area contributed by atoms with E-state index in [4.69, 9.17) is 9.47 Å². The molecule has 7 heteroatoms. The van der Waals surface area contributed by atoms with E-state index in [2.05, 4.69) is 4.18 Å². The molecule has 2 rings (SSSR count). The molecule has 1 atom stereocenters. The lowest BCUT2D eigenvalue weighted by atomic mass is 10.3. The summed E-state index contributed by atoms with van der Waals surface area (Å²) in [6.07, 6.45) is -0.514. The fourth-order valence-corrected chi connectivity index (χ4v) is 3.39. The van der Waals surface area contributed by atoms with Crippen molar-refractivity contribution in [2.24, 2.45) is 0 Å². The summed E-state index contributed by atoms with van der Waals surface area (Å²) >= 11 is 1.58. The highest BCUT2D eigenvalue weighted by Crippen LogP contribution is 2.43. The van der Waals surface area contributed by atoms with E-state index in [0.29, 0.717) is 5.75 Å². The largest absolute Gasteiger partial charge is 0.485 e. The Balaban J connectivity index is 2.16. The molecule has 1 aliphatic rings. The molecule has 96 valence electrons. The molecule has 0 N–H and O–H groups in total. The Bertz CT molecular complexity index is 517. The lowest BCUT2D eigenvalue weighted by Crippen LogP contribution is -2.35. The summed E-state index contributed by atoms with van der Waals surface area (Å²) in [7, 11) is -2.39. The Morgan fingerprint density at radius 1 is 1.35 bits per heavy atom. The van der Waals surface area contributed by atoms with Crippen molar-refractivity contribution < 1.29 is 22.1 Å². The number of aryl methyl sites for hydroxylation is 2. The second-order valence-corrected chi connectivity index (χ2v) is 7.03. The number of hydrogen-bond acceptors (Lipinski definition) is 6. The van der Waals surface area contributed by atoms with Gasteiger partial charge in [-0.05, 0) is 13.8 Å². The molecule has 1 unspecified atom stereocenters. The fraction of sp³-hybridized carbons (Fsp3) is 0.600. The van der Waals surface area contributed by atoms with Crippen LogP contribution in [-0.2, 0) is 14.3 Å². The fourth-order valence-electron chi connectivity index (χ4n) is 1.70. The summed E-state index contributed by atoms with van der Waals surface area (Å²) in [4.78, 5) is 2.04. The monoisotopic (exact) mass is 278 g/mol. The standard InChI is InChI=1S/C10H14O5S2/c1-6-9-10(7(2)16-6)15-8(4-14-9)5-17(11,12)13-3/h8H,4-5H2,1-3H3. The number of fused-ring (bicyclic) bond motifs is 1. The SMILES string of the molecule is COS(=O)(=O)CC1COc2c(C)sc(C)c2O1. The van der Waals surface area contributed by atoms with Crippen LogP contribution in [0.25, 0.3) is 0 Å². The highest BCUT2D eigenvalue weighted by molar-refractivity contribution is 7.86. The molecule has 0 fully saturated rings. The third-order valence-corrected chi connectivity index (χ3v) is 4.77. The summed E-state index contributed by atoms with van der Waals surface area (Å²) < 4.78 is 38.2. The first kappa shape index (κ1) is 12.7. The van der Waals surface area contributed by atoms with Crippen molar-refractivity contribution in [3.63, 3.8) is 0 Å². The summed E-state index contributed by atoms with van der Waals surface area (Å²) in [5.41, 5.74) is 0. The van der Waals surface area contributed by atoms with E-state index in [1.54, 1.807) is 11.3 Å². The van der Waals surface area contributed by atoms with E-state index in [1.165, 1.54) is 0 Å². The van der Waals surface area contributed by atoms with Gasteiger partial charge < -0.3 is 9.47 Å². The second-order valence-electron chi connectivity index (χ2n) is 3.81.